The molecule has 0 unspecified atom stereocenters. The molecule has 0 fully saturated rings. The van der Waals surface area contributed by atoms with Gasteiger partial charge in [-0.05, 0) is 40.8 Å². The molecular formula is C35H29FN2O5. The molecule has 0 amide bonds. The SMILES string of the molecule is O=c1oc2cc(CCOCc3ccccc3)c(F)cc2n1-c1ccc(OCc2ccccc2)nc1OCc1ccccc1. The fourth-order valence-corrected chi connectivity index (χ4v) is 4.68. The summed E-state index contributed by atoms with van der Waals surface area (Å²) in [7, 11) is 0. The molecule has 2 heterocycles. The first kappa shape index (κ1) is 27.9. The third kappa shape index (κ3) is 6.82. The molecule has 0 spiro atoms. The van der Waals surface area contributed by atoms with Crippen LogP contribution in [0.2, 0.25) is 0 Å². The number of nitrogens with zero attached hydrogens (tertiary/aromatic N) is 2. The number of fused-ring (bicyclic) bond motifs is 1. The summed E-state index contributed by atoms with van der Waals surface area (Å²) in [5.74, 6) is -0.678. The zero-order valence-electron chi connectivity index (χ0n) is 23.3. The van der Waals surface area contributed by atoms with E-state index in [9.17, 15) is 4.79 Å². The quantitative estimate of drug-likeness (QED) is 0.146. The van der Waals surface area contributed by atoms with Gasteiger partial charge in [-0.1, -0.05) is 91.0 Å². The summed E-state index contributed by atoms with van der Waals surface area (Å²) in [5.41, 5.74) is 4.16. The van der Waals surface area contributed by atoms with E-state index in [0.29, 0.717) is 43.4 Å². The van der Waals surface area contributed by atoms with Crippen molar-refractivity contribution in [3.05, 3.63) is 154 Å². The third-order valence-corrected chi connectivity index (χ3v) is 6.88. The summed E-state index contributed by atoms with van der Waals surface area (Å²) in [6.07, 6.45) is 0.323. The molecule has 0 bridgehead atoms. The van der Waals surface area contributed by atoms with Gasteiger partial charge in [0, 0.05) is 12.1 Å². The lowest BCUT2D eigenvalue weighted by Gasteiger charge is -2.13. The maximum Gasteiger partial charge on any atom is 0.424 e. The second kappa shape index (κ2) is 13.2. The highest BCUT2D eigenvalue weighted by molar-refractivity contribution is 5.77. The fraction of sp³-hybridized carbons (Fsp3) is 0.143. The van der Waals surface area contributed by atoms with Gasteiger partial charge in [0.05, 0.1) is 18.7 Å². The second-order valence-corrected chi connectivity index (χ2v) is 9.93. The lowest BCUT2D eigenvalue weighted by Crippen LogP contribution is -2.14. The van der Waals surface area contributed by atoms with Crippen molar-refractivity contribution >= 4 is 11.1 Å². The summed E-state index contributed by atoms with van der Waals surface area (Å²) in [6.45, 7) is 1.26. The third-order valence-electron chi connectivity index (χ3n) is 6.88. The van der Waals surface area contributed by atoms with E-state index in [1.807, 2.05) is 91.0 Å². The van der Waals surface area contributed by atoms with Gasteiger partial charge < -0.3 is 18.6 Å². The molecule has 0 aliphatic rings. The zero-order chi connectivity index (χ0) is 29.4. The highest BCUT2D eigenvalue weighted by Gasteiger charge is 2.20. The topological polar surface area (TPSA) is 75.7 Å². The first-order valence-corrected chi connectivity index (χ1v) is 13.9. The highest BCUT2D eigenvalue weighted by atomic mass is 19.1. The number of aromatic nitrogens is 2. The minimum atomic E-state index is -0.684. The first-order chi connectivity index (χ1) is 21.1. The van der Waals surface area contributed by atoms with Gasteiger partial charge in [0.1, 0.15) is 24.7 Å². The molecule has 2 aromatic heterocycles. The molecule has 0 radical (unpaired) electrons. The average molecular weight is 577 g/mol. The highest BCUT2D eigenvalue weighted by Crippen LogP contribution is 2.29. The summed E-state index contributed by atoms with van der Waals surface area (Å²) < 4.78 is 39.9. The Bertz CT molecular complexity index is 1850. The van der Waals surface area contributed by atoms with Crippen molar-refractivity contribution in [2.24, 2.45) is 0 Å². The predicted molar refractivity (Wildman–Crippen MR) is 161 cm³/mol. The van der Waals surface area contributed by atoms with Crippen LogP contribution in [0.3, 0.4) is 0 Å². The molecule has 43 heavy (non-hydrogen) atoms. The maximum atomic E-state index is 15.3. The molecule has 6 aromatic rings. The number of ether oxygens (including phenoxy) is 3. The fourth-order valence-electron chi connectivity index (χ4n) is 4.68. The van der Waals surface area contributed by atoms with E-state index in [1.165, 1.54) is 10.6 Å². The van der Waals surface area contributed by atoms with E-state index >= 15 is 4.39 Å². The monoisotopic (exact) mass is 576 g/mol. The molecule has 216 valence electrons. The van der Waals surface area contributed by atoms with Gasteiger partial charge in [-0.25, -0.2) is 13.8 Å². The second-order valence-electron chi connectivity index (χ2n) is 9.93. The predicted octanol–water partition coefficient (Wildman–Crippen LogP) is 7.04. The van der Waals surface area contributed by atoms with Crippen LogP contribution < -0.4 is 15.2 Å². The molecule has 8 heteroatoms. The van der Waals surface area contributed by atoms with Crippen LogP contribution in [0.25, 0.3) is 16.8 Å². The lowest BCUT2D eigenvalue weighted by atomic mass is 10.1. The van der Waals surface area contributed by atoms with E-state index in [2.05, 4.69) is 4.98 Å². The van der Waals surface area contributed by atoms with Crippen molar-refractivity contribution < 1.29 is 23.0 Å². The van der Waals surface area contributed by atoms with Crippen LogP contribution in [0, 0.1) is 5.82 Å². The molecule has 0 atom stereocenters. The van der Waals surface area contributed by atoms with Gasteiger partial charge in [0.2, 0.25) is 11.8 Å². The molecule has 0 N–H and O–H groups in total. The van der Waals surface area contributed by atoms with Crippen LogP contribution in [0.4, 0.5) is 4.39 Å². The molecule has 6 rings (SSSR count). The molecule has 0 aliphatic heterocycles. The van der Waals surface area contributed by atoms with E-state index < -0.39 is 11.6 Å². The normalized spacial score (nSPS) is 11.1. The van der Waals surface area contributed by atoms with Crippen molar-refractivity contribution in [2.45, 2.75) is 26.2 Å². The van der Waals surface area contributed by atoms with Crippen molar-refractivity contribution in [1.82, 2.24) is 9.55 Å². The lowest BCUT2D eigenvalue weighted by molar-refractivity contribution is 0.123. The van der Waals surface area contributed by atoms with Crippen LogP contribution in [-0.2, 0) is 31.0 Å². The Labute approximate surface area is 247 Å². The van der Waals surface area contributed by atoms with E-state index in [4.69, 9.17) is 18.6 Å². The summed E-state index contributed by atoms with van der Waals surface area (Å²) in [5, 5.41) is 0. The van der Waals surface area contributed by atoms with E-state index in [-0.39, 0.29) is 23.6 Å². The largest absolute Gasteiger partial charge is 0.473 e. The van der Waals surface area contributed by atoms with Crippen LogP contribution in [-0.4, -0.2) is 16.2 Å². The molecule has 7 nitrogen and oxygen atoms in total. The number of pyridine rings is 1. The molecular weight excluding hydrogens is 547 g/mol. The van der Waals surface area contributed by atoms with Gasteiger partial charge in [0.15, 0.2) is 5.58 Å². The Morgan fingerprint density at radius 1 is 0.721 bits per heavy atom. The van der Waals surface area contributed by atoms with E-state index in [1.54, 1.807) is 18.2 Å². The Morgan fingerprint density at radius 3 is 1.98 bits per heavy atom. The van der Waals surface area contributed by atoms with Gasteiger partial charge >= 0.3 is 5.76 Å². The van der Waals surface area contributed by atoms with Gasteiger partial charge in [-0.2, -0.15) is 4.98 Å². The minimum Gasteiger partial charge on any atom is -0.473 e. The molecule has 0 saturated carbocycles. The summed E-state index contributed by atoms with van der Waals surface area (Å²) in [4.78, 5) is 17.7. The number of hydrogen-bond donors (Lipinski definition) is 0. The Hall–Kier alpha value is -5.21. The van der Waals surface area contributed by atoms with E-state index in [0.717, 1.165) is 16.7 Å². The number of hydrogen-bond acceptors (Lipinski definition) is 6. The van der Waals surface area contributed by atoms with Gasteiger partial charge in [0.25, 0.3) is 0 Å². The molecule has 4 aromatic carbocycles. The summed E-state index contributed by atoms with van der Waals surface area (Å²) >= 11 is 0. The van der Waals surface area contributed by atoms with Crippen molar-refractivity contribution in [3.8, 4) is 17.4 Å². The Morgan fingerprint density at radius 2 is 1.33 bits per heavy atom. The van der Waals surface area contributed by atoms with Crippen molar-refractivity contribution in [3.63, 3.8) is 0 Å². The smallest absolute Gasteiger partial charge is 0.424 e. The van der Waals surface area contributed by atoms with Crippen molar-refractivity contribution in [1.29, 1.82) is 0 Å². The van der Waals surface area contributed by atoms with Crippen LogP contribution in [0.5, 0.6) is 11.8 Å². The average Bonchev–Trinajstić information content (AvgIpc) is 3.36. The van der Waals surface area contributed by atoms with Crippen LogP contribution in [0.15, 0.2) is 124 Å². The number of halogens is 1. The first-order valence-electron chi connectivity index (χ1n) is 13.9. The Balaban J connectivity index is 1.26. The molecule has 0 aliphatic carbocycles. The number of rotatable bonds is 12. The zero-order valence-corrected chi connectivity index (χ0v) is 23.3. The van der Waals surface area contributed by atoms with Crippen LogP contribution in [0.1, 0.15) is 22.3 Å². The van der Waals surface area contributed by atoms with Gasteiger partial charge in [-0.3, -0.25) is 0 Å². The Kier molecular flexibility index (Phi) is 8.56. The molecule has 0 saturated heterocycles. The summed E-state index contributed by atoms with van der Waals surface area (Å²) in [6, 6.07) is 35.2. The number of benzene rings is 4. The van der Waals surface area contributed by atoms with Crippen LogP contribution >= 0.6 is 0 Å². The standard InChI is InChI=1S/C35H29FN2O5/c36-29-21-31-32(20-28(29)18-19-40-22-25-10-4-1-5-11-25)43-35(39)38(31)30-16-17-33(41-23-26-12-6-2-7-13-26)37-34(30)42-24-27-14-8-3-9-15-27/h1-17,20-21H,18-19,22-24H2. The van der Waals surface area contributed by atoms with Gasteiger partial charge in [-0.15, -0.1) is 0 Å². The van der Waals surface area contributed by atoms with Crippen molar-refractivity contribution in [2.75, 3.05) is 6.61 Å². The maximum absolute atomic E-state index is 15.3. The minimum absolute atomic E-state index is 0.151. The number of oxazole rings is 1.